The Balaban J connectivity index is 1.77. The number of aryl methyl sites for hydroxylation is 1. The second kappa shape index (κ2) is 6.10. The number of hydrogen-bond acceptors (Lipinski definition) is 2. The summed E-state index contributed by atoms with van der Waals surface area (Å²) < 4.78 is 1.10. The van der Waals surface area contributed by atoms with E-state index in [0.717, 1.165) is 35.5 Å². The van der Waals surface area contributed by atoms with Crippen molar-refractivity contribution < 1.29 is 0 Å². The van der Waals surface area contributed by atoms with Crippen LogP contribution in [0.1, 0.15) is 24.2 Å². The van der Waals surface area contributed by atoms with Gasteiger partial charge in [-0.2, -0.15) is 0 Å². The van der Waals surface area contributed by atoms with Crippen LogP contribution in [0.4, 0.5) is 0 Å². The van der Waals surface area contributed by atoms with Gasteiger partial charge in [0.1, 0.15) is 5.82 Å². The van der Waals surface area contributed by atoms with Crippen LogP contribution in [-0.4, -0.2) is 23.1 Å². The molecule has 1 atom stereocenters. The number of H-pyrrole nitrogens is 1. The molecule has 2 aromatic rings. The first kappa shape index (κ1) is 13.8. The minimum atomic E-state index is 0.714. The van der Waals surface area contributed by atoms with Crippen LogP contribution in [-0.2, 0) is 6.42 Å². The van der Waals surface area contributed by atoms with Crippen LogP contribution < -0.4 is 5.32 Å². The molecule has 3 nitrogen and oxygen atoms in total. The largest absolute Gasteiger partial charge is 0.342 e. The molecule has 2 heterocycles. The van der Waals surface area contributed by atoms with Gasteiger partial charge in [-0.05, 0) is 56.5 Å². The molecule has 1 unspecified atom stereocenters. The van der Waals surface area contributed by atoms with Gasteiger partial charge in [0, 0.05) is 16.5 Å². The molecule has 1 aromatic carbocycles. The molecule has 1 aromatic heterocycles. The van der Waals surface area contributed by atoms with E-state index < -0.39 is 0 Å². The Kier molecular flexibility index (Phi) is 4.22. The number of imidazole rings is 1. The van der Waals surface area contributed by atoms with Crippen LogP contribution in [0.3, 0.4) is 0 Å². The maximum atomic E-state index is 4.56. The number of aromatic amines is 1. The fourth-order valence-electron chi connectivity index (χ4n) is 2.86. The smallest absolute Gasteiger partial charge is 0.106 e. The van der Waals surface area contributed by atoms with E-state index in [1.807, 2.05) is 6.20 Å². The Morgan fingerprint density at radius 1 is 1.40 bits per heavy atom. The fraction of sp³-hybridized carbons (Fsp3) is 0.438. The number of nitrogens with one attached hydrogen (secondary N) is 2. The summed E-state index contributed by atoms with van der Waals surface area (Å²) in [6.45, 7) is 4.41. The zero-order valence-electron chi connectivity index (χ0n) is 11.7. The van der Waals surface area contributed by atoms with Gasteiger partial charge < -0.3 is 10.3 Å². The van der Waals surface area contributed by atoms with E-state index in [1.165, 1.54) is 24.0 Å². The topological polar surface area (TPSA) is 40.7 Å². The summed E-state index contributed by atoms with van der Waals surface area (Å²) in [6, 6.07) is 6.35. The highest BCUT2D eigenvalue weighted by atomic mass is 79.9. The molecule has 2 N–H and O–H groups in total. The predicted molar refractivity (Wildman–Crippen MR) is 85.8 cm³/mol. The highest BCUT2D eigenvalue weighted by Gasteiger charge is 2.15. The number of rotatable bonds is 3. The van der Waals surface area contributed by atoms with Gasteiger partial charge in [0.25, 0.3) is 0 Å². The standard InChI is InChI=1S/C16H20BrN3/c1-11-4-5-13(17)8-14(11)15-10-19-16(20-15)7-12-3-2-6-18-9-12/h4-5,8,10,12,18H,2-3,6-7,9H2,1H3,(H,19,20). The van der Waals surface area contributed by atoms with Crippen LogP contribution >= 0.6 is 15.9 Å². The summed E-state index contributed by atoms with van der Waals surface area (Å²) in [6.07, 6.45) is 5.59. The van der Waals surface area contributed by atoms with E-state index in [4.69, 9.17) is 0 Å². The summed E-state index contributed by atoms with van der Waals surface area (Å²) >= 11 is 3.54. The molecule has 1 saturated heterocycles. The number of halogens is 1. The molecular formula is C16H20BrN3. The van der Waals surface area contributed by atoms with Gasteiger partial charge in [-0.3, -0.25) is 0 Å². The normalized spacial score (nSPS) is 19.2. The van der Waals surface area contributed by atoms with Crippen molar-refractivity contribution in [2.24, 2.45) is 5.92 Å². The van der Waals surface area contributed by atoms with Crippen LogP contribution in [0, 0.1) is 12.8 Å². The maximum Gasteiger partial charge on any atom is 0.106 e. The Morgan fingerprint density at radius 2 is 2.30 bits per heavy atom. The van der Waals surface area contributed by atoms with E-state index in [2.05, 4.69) is 56.3 Å². The molecule has 1 aliphatic heterocycles. The molecule has 1 aliphatic rings. The summed E-state index contributed by atoms with van der Waals surface area (Å²) in [7, 11) is 0. The minimum absolute atomic E-state index is 0.714. The molecule has 20 heavy (non-hydrogen) atoms. The quantitative estimate of drug-likeness (QED) is 0.899. The molecule has 3 rings (SSSR count). The molecule has 0 radical (unpaired) electrons. The van der Waals surface area contributed by atoms with Gasteiger partial charge in [-0.15, -0.1) is 0 Å². The second-order valence-corrected chi connectivity index (χ2v) is 6.53. The van der Waals surface area contributed by atoms with E-state index >= 15 is 0 Å². The molecule has 0 amide bonds. The Morgan fingerprint density at radius 3 is 3.10 bits per heavy atom. The molecule has 0 aliphatic carbocycles. The molecule has 4 heteroatoms. The lowest BCUT2D eigenvalue weighted by Gasteiger charge is -2.21. The zero-order valence-corrected chi connectivity index (χ0v) is 13.3. The summed E-state index contributed by atoms with van der Waals surface area (Å²) in [5.41, 5.74) is 3.60. The van der Waals surface area contributed by atoms with Crippen molar-refractivity contribution in [1.82, 2.24) is 15.3 Å². The SMILES string of the molecule is Cc1ccc(Br)cc1-c1cnc(CC2CCCNC2)[nH]1. The van der Waals surface area contributed by atoms with Crippen LogP contribution in [0.25, 0.3) is 11.3 Å². The highest BCUT2D eigenvalue weighted by Crippen LogP contribution is 2.26. The van der Waals surface area contributed by atoms with Crippen LogP contribution in [0.5, 0.6) is 0 Å². The summed E-state index contributed by atoms with van der Waals surface area (Å²) in [5.74, 6) is 1.82. The summed E-state index contributed by atoms with van der Waals surface area (Å²) in [4.78, 5) is 8.04. The second-order valence-electron chi connectivity index (χ2n) is 5.62. The lowest BCUT2D eigenvalue weighted by atomic mass is 9.96. The third-order valence-electron chi connectivity index (χ3n) is 4.00. The number of hydrogen-bond donors (Lipinski definition) is 2. The average Bonchev–Trinajstić information content (AvgIpc) is 2.91. The first-order chi connectivity index (χ1) is 9.72. The summed E-state index contributed by atoms with van der Waals surface area (Å²) in [5, 5.41) is 3.46. The van der Waals surface area contributed by atoms with Gasteiger partial charge in [-0.1, -0.05) is 22.0 Å². The van der Waals surface area contributed by atoms with Gasteiger partial charge >= 0.3 is 0 Å². The van der Waals surface area contributed by atoms with Gasteiger partial charge in [0.15, 0.2) is 0 Å². The molecule has 106 valence electrons. The number of aromatic nitrogens is 2. The number of piperidine rings is 1. The van der Waals surface area contributed by atoms with Crippen LogP contribution in [0.15, 0.2) is 28.9 Å². The zero-order chi connectivity index (χ0) is 13.9. The maximum absolute atomic E-state index is 4.56. The highest BCUT2D eigenvalue weighted by molar-refractivity contribution is 9.10. The van der Waals surface area contributed by atoms with E-state index in [9.17, 15) is 0 Å². The predicted octanol–water partition coefficient (Wildman–Crippen LogP) is 3.69. The lowest BCUT2D eigenvalue weighted by Crippen LogP contribution is -2.31. The van der Waals surface area contributed by atoms with Crippen molar-refractivity contribution in [3.63, 3.8) is 0 Å². The molecular weight excluding hydrogens is 314 g/mol. The Labute approximate surface area is 128 Å². The van der Waals surface area contributed by atoms with Crippen molar-refractivity contribution in [1.29, 1.82) is 0 Å². The van der Waals surface area contributed by atoms with Crippen molar-refractivity contribution in [2.45, 2.75) is 26.2 Å². The van der Waals surface area contributed by atoms with Crippen molar-refractivity contribution in [3.8, 4) is 11.3 Å². The molecule has 0 spiro atoms. The first-order valence-corrected chi connectivity index (χ1v) is 8.03. The molecule has 0 saturated carbocycles. The van der Waals surface area contributed by atoms with Gasteiger partial charge in [-0.25, -0.2) is 4.98 Å². The Bertz CT molecular complexity index is 585. The molecule has 0 bridgehead atoms. The minimum Gasteiger partial charge on any atom is -0.342 e. The van der Waals surface area contributed by atoms with Crippen LogP contribution in [0.2, 0.25) is 0 Å². The first-order valence-electron chi connectivity index (χ1n) is 7.23. The van der Waals surface area contributed by atoms with Crippen molar-refractivity contribution >= 4 is 15.9 Å². The number of benzene rings is 1. The van der Waals surface area contributed by atoms with Gasteiger partial charge in [0.2, 0.25) is 0 Å². The third kappa shape index (κ3) is 3.13. The van der Waals surface area contributed by atoms with Gasteiger partial charge in [0.05, 0.1) is 11.9 Å². The van der Waals surface area contributed by atoms with Crippen molar-refractivity contribution in [3.05, 3.63) is 40.3 Å². The monoisotopic (exact) mass is 333 g/mol. The van der Waals surface area contributed by atoms with Crippen molar-refractivity contribution in [2.75, 3.05) is 13.1 Å². The fourth-order valence-corrected chi connectivity index (χ4v) is 3.22. The average molecular weight is 334 g/mol. The van der Waals surface area contributed by atoms with E-state index in [0.29, 0.717) is 5.92 Å². The van der Waals surface area contributed by atoms with E-state index in [-0.39, 0.29) is 0 Å². The third-order valence-corrected chi connectivity index (χ3v) is 4.49. The Hall–Kier alpha value is -1.13. The lowest BCUT2D eigenvalue weighted by molar-refractivity contribution is 0.371. The van der Waals surface area contributed by atoms with E-state index in [1.54, 1.807) is 0 Å². The number of nitrogens with zero attached hydrogens (tertiary/aromatic N) is 1. The molecule has 1 fully saturated rings.